The molecule has 0 bridgehead atoms. The average molecular weight is 946 g/mol. The molecule has 0 fully saturated rings. The molecule has 4 aromatic heterocycles. The molecular weight excluding hydrogens is 899 g/mol. The molecule has 0 aliphatic heterocycles. The van der Waals surface area contributed by atoms with Crippen molar-refractivity contribution in [3.05, 3.63) is 273 Å². The van der Waals surface area contributed by atoms with Crippen molar-refractivity contribution < 1.29 is 4.42 Å². The third-order valence-electron chi connectivity index (χ3n) is 14.2. The van der Waals surface area contributed by atoms with Crippen LogP contribution in [-0.4, -0.2) is 15.0 Å². The number of rotatable bonds is 10. The summed E-state index contributed by atoms with van der Waals surface area (Å²) in [5, 5.41) is 2.23. The number of pyridine rings is 3. The van der Waals surface area contributed by atoms with Gasteiger partial charge in [-0.3, -0.25) is 15.0 Å². The molecule has 0 amide bonds. The molecule has 13 rings (SSSR count). The number of hydrogen-bond acceptors (Lipinski definition) is 4. The Bertz CT molecular complexity index is 4020. The number of fused-ring (bicyclic) bond motifs is 3. The van der Waals surface area contributed by atoms with Gasteiger partial charge in [0.05, 0.1) is 17.1 Å². The highest BCUT2D eigenvalue weighted by Crippen LogP contribution is 2.45. The monoisotopic (exact) mass is 945 g/mol. The second-order valence-electron chi connectivity index (χ2n) is 18.8. The van der Waals surface area contributed by atoms with Crippen LogP contribution in [0.2, 0.25) is 0 Å². The van der Waals surface area contributed by atoms with Crippen LogP contribution in [0.1, 0.15) is 5.56 Å². The summed E-state index contributed by atoms with van der Waals surface area (Å²) in [6, 6.07) is 89.0. The van der Waals surface area contributed by atoms with Crippen molar-refractivity contribution in [3.8, 4) is 112 Å². The molecule has 4 heterocycles. The summed E-state index contributed by atoms with van der Waals surface area (Å²) in [5.74, 6) is 0. The molecule has 0 spiro atoms. The second-order valence-corrected chi connectivity index (χ2v) is 18.8. The highest BCUT2D eigenvalue weighted by molar-refractivity contribution is 6.07. The minimum atomic E-state index is 0.859. The van der Waals surface area contributed by atoms with Gasteiger partial charge in [0.15, 0.2) is 0 Å². The zero-order valence-electron chi connectivity index (χ0n) is 40.7. The van der Waals surface area contributed by atoms with Crippen LogP contribution in [0, 0.1) is 6.92 Å². The maximum atomic E-state index is 6.55. The van der Waals surface area contributed by atoms with Crippen LogP contribution >= 0.6 is 0 Å². The smallest absolute Gasteiger partial charge is 0.136 e. The van der Waals surface area contributed by atoms with Gasteiger partial charge in [0.2, 0.25) is 0 Å². The first-order valence-corrected chi connectivity index (χ1v) is 25.0. The van der Waals surface area contributed by atoms with Crippen molar-refractivity contribution in [1.82, 2.24) is 15.0 Å². The Morgan fingerprint density at radius 3 is 1.15 bits per heavy atom. The summed E-state index contributed by atoms with van der Waals surface area (Å²) in [6.45, 7) is 2.13. The first-order valence-electron chi connectivity index (χ1n) is 25.0. The Labute approximate surface area is 430 Å². The first-order chi connectivity index (χ1) is 36.6. The highest BCUT2D eigenvalue weighted by atomic mass is 16.3. The minimum Gasteiger partial charge on any atom is -0.456 e. The lowest BCUT2D eigenvalue weighted by atomic mass is 9.84. The van der Waals surface area contributed by atoms with E-state index in [2.05, 4.69) is 229 Å². The normalized spacial score (nSPS) is 11.3. The molecular formula is C70H47N3O. The van der Waals surface area contributed by atoms with Crippen molar-refractivity contribution in [3.63, 3.8) is 0 Å². The SMILES string of the molecule is Cc1ccc2oc3cc(-c4cc(-c5ccccn5)ccc4-c4ccccc4-c4cc(-c5ccccc5-c5ccc(-c6ccccn6)cc5)cc(-c5ccccc5-c5ccc(-c6ccccn6)cc5)c4)ccc3c2c1. The highest BCUT2D eigenvalue weighted by Gasteiger charge is 2.20. The maximum Gasteiger partial charge on any atom is 0.136 e. The average Bonchev–Trinajstić information content (AvgIpc) is 3.85. The number of hydrogen-bond donors (Lipinski definition) is 0. The van der Waals surface area contributed by atoms with E-state index in [-0.39, 0.29) is 0 Å². The lowest BCUT2D eigenvalue weighted by molar-refractivity contribution is 0.669. The summed E-state index contributed by atoms with van der Waals surface area (Å²) in [5.41, 5.74) is 24.7. The van der Waals surface area contributed by atoms with Gasteiger partial charge in [-0.05, 0) is 170 Å². The number of furan rings is 1. The lowest BCUT2D eigenvalue weighted by Gasteiger charge is -2.19. The van der Waals surface area contributed by atoms with Gasteiger partial charge >= 0.3 is 0 Å². The van der Waals surface area contributed by atoms with E-state index in [1.807, 2.05) is 55.0 Å². The van der Waals surface area contributed by atoms with E-state index >= 15 is 0 Å². The van der Waals surface area contributed by atoms with Gasteiger partial charge in [0, 0.05) is 46.1 Å². The molecule has 0 aliphatic rings. The maximum absolute atomic E-state index is 6.55. The van der Waals surface area contributed by atoms with E-state index in [9.17, 15) is 0 Å². The van der Waals surface area contributed by atoms with E-state index in [1.165, 1.54) is 5.56 Å². The van der Waals surface area contributed by atoms with Gasteiger partial charge in [-0.15, -0.1) is 0 Å². The van der Waals surface area contributed by atoms with Gasteiger partial charge in [-0.1, -0.05) is 169 Å². The summed E-state index contributed by atoms with van der Waals surface area (Å²) in [6.07, 6.45) is 5.54. The van der Waals surface area contributed by atoms with Crippen LogP contribution in [-0.2, 0) is 0 Å². The van der Waals surface area contributed by atoms with Crippen molar-refractivity contribution in [2.45, 2.75) is 6.92 Å². The van der Waals surface area contributed by atoms with Crippen LogP contribution < -0.4 is 0 Å². The summed E-state index contributed by atoms with van der Waals surface area (Å²) in [4.78, 5) is 14.0. The molecule has 0 N–H and O–H groups in total. The standard InChI is InChI=1S/C70H47N3O/c1-46-23-36-69-65(40-46)63-35-32-51(45-70(63)74-69)64-44-52(68-22-10-13-39-73-68)33-34-62(64)61-19-7-6-18-60(61)55-42-53(58-16-4-2-14-56(58)47-24-28-49(29-25-47)66-20-8-11-37-71-66)41-54(43-55)59-17-5-3-15-57(59)48-26-30-50(31-27-48)67-21-9-12-38-72-67/h2-45H,1H3. The number of aromatic nitrogens is 3. The number of aryl methyl sites for hydroxylation is 1. The Balaban J connectivity index is 0.999. The molecule has 74 heavy (non-hydrogen) atoms. The first kappa shape index (κ1) is 44.2. The van der Waals surface area contributed by atoms with Crippen molar-refractivity contribution in [2.75, 3.05) is 0 Å². The number of benzene rings is 9. The topological polar surface area (TPSA) is 51.8 Å². The zero-order valence-corrected chi connectivity index (χ0v) is 40.7. The Morgan fingerprint density at radius 2 is 0.649 bits per heavy atom. The third-order valence-corrected chi connectivity index (χ3v) is 14.2. The molecule has 0 aliphatic carbocycles. The second kappa shape index (κ2) is 19.1. The largest absolute Gasteiger partial charge is 0.456 e. The van der Waals surface area contributed by atoms with Crippen LogP contribution in [0.4, 0.5) is 0 Å². The predicted molar refractivity (Wildman–Crippen MR) is 306 cm³/mol. The van der Waals surface area contributed by atoms with Crippen molar-refractivity contribution >= 4 is 21.9 Å². The van der Waals surface area contributed by atoms with E-state index in [0.29, 0.717) is 0 Å². The molecule has 0 saturated carbocycles. The summed E-state index contributed by atoms with van der Waals surface area (Å²) in [7, 11) is 0. The van der Waals surface area contributed by atoms with E-state index < -0.39 is 0 Å². The van der Waals surface area contributed by atoms with Gasteiger partial charge in [-0.25, -0.2) is 0 Å². The summed E-state index contributed by atoms with van der Waals surface area (Å²) < 4.78 is 6.55. The predicted octanol–water partition coefficient (Wildman–Crippen LogP) is 18.7. The van der Waals surface area contributed by atoms with Gasteiger partial charge in [0.1, 0.15) is 11.2 Å². The quantitative estimate of drug-likeness (QED) is 0.137. The van der Waals surface area contributed by atoms with Crippen LogP contribution in [0.5, 0.6) is 0 Å². The number of nitrogens with zero attached hydrogens (tertiary/aromatic N) is 3. The van der Waals surface area contributed by atoms with Crippen molar-refractivity contribution in [1.29, 1.82) is 0 Å². The van der Waals surface area contributed by atoms with Gasteiger partial charge < -0.3 is 4.42 Å². The molecule has 13 aromatic rings. The van der Waals surface area contributed by atoms with Gasteiger partial charge in [-0.2, -0.15) is 0 Å². The molecule has 0 unspecified atom stereocenters. The third kappa shape index (κ3) is 8.44. The lowest BCUT2D eigenvalue weighted by Crippen LogP contribution is -1.94. The van der Waals surface area contributed by atoms with Crippen molar-refractivity contribution in [2.24, 2.45) is 0 Å². The molecule has 9 aromatic carbocycles. The minimum absolute atomic E-state index is 0.859. The Morgan fingerprint density at radius 1 is 0.243 bits per heavy atom. The van der Waals surface area contributed by atoms with Crippen LogP contribution in [0.25, 0.3) is 134 Å². The molecule has 0 radical (unpaired) electrons. The Hall–Kier alpha value is -9.77. The fourth-order valence-electron chi connectivity index (χ4n) is 10.5. The van der Waals surface area contributed by atoms with E-state index in [0.717, 1.165) is 134 Å². The fourth-order valence-corrected chi connectivity index (χ4v) is 10.5. The molecule has 4 heteroatoms. The summed E-state index contributed by atoms with van der Waals surface area (Å²) >= 11 is 0. The molecule has 4 nitrogen and oxygen atoms in total. The molecule has 0 atom stereocenters. The Kier molecular flexibility index (Phi) is 11.4. The molecule has 348 valence electrons. The zero-order chi connectivity index (χ0) is 49.4. The fraction of sp³-hybridized carbons (Fsp3) is 0.0143. The van der Waals surface area contributed by atoms with Crippen LogP contribution in [0.15, 0.2) is 272 Å². The van der Waals surface area contributed by atoms with Crippen LogP contribution in [0.3, 0.4) is 0 Å². The van der Waals surface area contributed by atoms with E-state index in [1.54, 1.807) is 0 Å². The van der Waals surface area contributed by atoms with E-state index in [4.69, 9.17) is 9.40 Å². The van der Waals surface area contributed by atoms with Gasteiger partial charge in [0.25, 0.3) is 0 Å². The molecule has 0 saturated heterocycles.